The molecule has 2 aromatic rings. The van der Waals surface area contributed by atoms with Crippen LogP contribution in [0.3, 0.4) is 0 Å². The van der Waals surface area contributed by atoms with Gasteiger partial charge in [0.2, 0.25) is 0 Å². The average Bonchev–Trinajstić information content (AvgIpc) is 2.89. The number of aliphatic hydroxyl groups is 1. The highest BCUT2D eigenvalue weighted by atomic mass is 79.9. The van der Waals surface area contributed by atoms with Crippen molar-refractivity contribution in [1.29, 1.82) is 0 Å². The number of imidazole rings is 1. The normalized spacial score (nSPS) is 12.9. The third-order valence-electron chi connectivity index (χ3n) is 2.56. The molecule has 2 rings (SSSR count). The molecule has 0 radical (unpaired) electrons. The van der Waals surface area contributed by atoms with Crippen molar-refractivity contribution in [3.63, 3.8) is 0 Å². The van der Waals surface area contributed by atoms with Crippen LogP contribution in [0, 0.1) is 0 Å². The van der Waals surface area contributed by atoms with E-state index >= 15 is 0 Å². The van der Waals surface area contributed by atoms with E-state index in [1.54, 1.807) is 17.5 Å². The molecule has 0 amide bonds. The first-order valence-corrected chi connectivity index (χ1v) is 7.30. The average molecular weight is 315 g/mol. The van der Waals surface area contributed by atoms with Crippen LogP contribution >= 0.6 is 27.3 Å². The summed E-state index contributed by atoms with van der Waals surface area (Å²) in [5.74, 6) is 0.948. The number of aryl methyl sites for hydroxylation is 1. The van der Waals surface area contributed by atoms with E-state index in [4.69, 9.17) is 0 Å². The summed E-state index contributed by atoms with van der Waals surface area (Å²) in [6.45, 7) is 3.09. The zero-order chi connectivity index (χ0) is 12.3. The minimum Gasteiger partial charge on any atom is -0.387 e. The van der Waals surface area contributed by atoms with E-state index in [0.29, 0.717) is 6.42 Å². The lowest BCUT2D eigenvalue weighted by Crippen LogP contribution is -2.08. The number of hydrogen-bond acceptors (Lipinski definition) is 3. The maximum atomic E-state index is 10.1. The van der Waals surface area contributed by atoms with Crippen LogP contribution in [0.2, 0.25) is 0 Å². The fourth-order valence-corrected chi connectivity index (χ4v) is 3.18. The molecule has 0 aliphatic rings. The van der Waals surface area contributed by atoms with Crippen LogP contribution in [0.4, 0.5) is 0 Å². The highest BCUT2D eigenvalue weighted by Gasteiger charge is 2.14. The van der Waals surface area contributed by atoms with E-state index in [0.717, 1.165) is 28.1 Å². The number of halogens is 1. The molecule has 3 nitrogen and oxygen atoms in total. The summed E-state index contributed by atoms with van der Waals surface area (Å²) >= 11 is 4.96. The fraction of sp³-hybridized carbons (Fsp3) is 0.417. The van der Waals surface area contributed by atoms with Crippen LogP contribution in [-0.2, 0) is 13.0 Å². The van der Waals surface area contributed by atoms with Gasteiger partial charge in [0, 0.05) is 40.1 Å². The van der Waals surface area contributed by atoms with Crippen molar-refractivity contribution in [3.05, 3.63) is 39.0 Å². The van der Waals surface area contributed by atoms with Gasteiger partial charge in [0.25, 0.3) is 0 Å². The molecule has 92 valence electrons. The molecule has 2 aromatic heterocycles. The van der Waals surface area contributed by atoms with E-state index in [1.165, 1.54) is 0 Å². The standard InChI is InChI=1S/C12H15BrN2OS/c1-2-4-15-5-3-14-12(15)7-10(16)11-6-9(13)8-17-11/h3,5-6,8,10,16H,2,4,7H2,1H3. The lowest BCUT2D eigenvalue weighted by atomic mass is 10.2. The summed E-state index contributed by atoms with van der Waals surface area (Å²) in [4.78, 5) is 5.28. The summed E-state index contributed by atoms with van der Waals surface area (Å²) in [6, 6.07) is 1.96. The molecule has 0 saturated carbocycles. The largest absolute Gasteiger partial charge is 0.387 e. The molecule has 0 spiro atoms. The smallest absolute Gasteiger partial charge is 0.111 e. The summed E-state index contributed by atoms with van der Waals surface area (Å²) < 4.78 is 3.12. The van der Waals surface area contributed by atoms with Gasteiger partial charge in [0.05, 0.1) is 6.10 Å². The van der Waals surface area contributed by atoms with Crippen LogP contribution in [0.15, 0.2) is 28.3 Å². The molecule has 2 heterocycles. The van der Waals surface area contributed by atoms with E-state index in [1.807, 2.05) is 17.6 Å². The van der Waals surface area contributed by atoms with E-state index < -0.39 is 6.10 Å². The summed E-state index contributed by atoms with van der Waals surface area (Å²) in [7, 11) is 0. The zero-order valence-corrected chi connectivity index (χ0v) is 12.0. The Morgan fingerprint density at radius 3 is 3.06 bits per heavy atom. The second-order valence-corrected chi connectivity index (χ2v) is 5.78. The van der Waals surface area contributed by atoms with Crippen molar-refractivity contribution in [2.45, 2.75) is 32.4 Å². The van der Waals surface area contributed by atoms with Gasteiger partial charge in [-0.2, -0.15) is 0 Å². The Morgan fingerprint density at radius 1 is 1.59 bits per heavy atom. The highest BCUT2D eigenvalue weighted by molar-refractivity contribution is 9.10. The van der Waals surface area contributed by atoms with Gasteiger partial charge in [-0.1, -0.05) is 6.92 Å². The number of hydrogen-bond donors (Lipinski definition) is 1. The van der Waals surface area contributed by atoms with E-state index in [2.05, 4.69) is 32.4 Å². The molecule has 1 atom stereocenters. The number of aromatic nitrogens is 2. The maximum absolute atomic E-state index is 10.1. The van der Waals surface area contributed by atoms with Gasteiger partial charge in [-0.15, -0.1) is 11.3 Å². The Hall–Kier alpha value is -0.650. The molecule has 0 aliphatic heterocycles. The maximum Gasteiger partial charge on any atom is 0.111 e. The van der Waals surface area contributed by atoms with Gasteiger partial charge >= 0.3 is 0 Å². The van der Waals surface area contributed by atoms with Gasteiger partial charge in [0.15, 0.2) is 0 Å². The quantitative estimate of drug-likeness (QED) is 0.918. The monoisotopic (exact) mass is 314 g/mol. The zero-order valence-electron chi connectivity index (χ0n) is 9.64. The SMILES string of the molecule is CCCn1ccnc1CC(O)c1cc(Br)cs1. The highest BCUT2D eigenvalue weighted by Crippen LogP contribution is 2.27. The summed E-state index contributed by atoms with van der Waals surface area (Å²) in [6.07, 6.45) is 4.94. The molecule has 1 N–H and O–H groups in total. The van der Waals surface area contributed by atoms with Crippen molar-refractivity contribution in [2.75, 3.05) is 0 Å². The Bertz CT molecular complexity index is 480. The molecule has 0 fully saturated rings. The third-order valence-corrected chi connectivity index (χ3v) is 4.35. The second kappa shape index (κ2) is 5.80. The molecule has 0 aromatic carbocycles. The van der Waals surface area contributed by atoms with Gasteiger partial charge in [-0.25, -0.2) is 4.98 Å². The number of nitrogens with zero attached hydrogens (tertiary/aromatic N) is 2. The van der Waals surface area contributed by atoms with Crippen LogP contribution in [0.5, 0.6) is 0 Å². The molecule has 0 saturated heterocycles. The summed E-state index contributed by atoms with van der Waals surface area (Å²) in [5.41, 5.74) is 0. The van der Waals surface area contributed by atoms with Gasteiger partial charge in [-0.05, 0) is 28.4 Å². The van der Waals surface area contributed by atoms with Crippen LogP contribution < -0.4 is 0 Å². The Balaban J connectivity index is 2.07. The van der Waals surface area contributed by atoms with Gasteiger partial charge in [0.1, 0.15) is 5.82 Å². The first kappa shape index (κ1) is 12.8. The van der Waals surface area contributed by atoms with Gasteiger partial charge in [-0.3, -0.25) is 0 Å². The van der Waals surface area contributed by atoms with Crippen molar-refractivity contribution in [1.82, 2.24) is 9.55 Å². The number of rotatable bonds is 5. The van der Waals surface area contributed by atoms with Crippen molar-refractivity contribution in [2.24, 2.45) is 0 Å². The molecular weight excluding hydrogens is 300 g/mol. The first-order valence-electron chi connectivity index (χ1n) is 5.62. The van der Waals surface area contributed by atoms with Crippen molar-refractivity contribution in [3.8, 4) is 0 Å². The summed E-state index contributed by atoms with van der Waals surface area (Å²) in [5, 5.41) is 12.1. The van der Waals surface area contributed by atoms with Crippen LogP contribution in [0.25, 0.3) is 0 Å². The molecule has 5 heteroatoms. The van der Waals surface area contributed by atoms with Crippen molar-refractivity contribution < 1.29 is 5.11 Å². The second-order valence-electron chi connectivity index (χ2n) is 3.92. The lowest BCUT2D eigenvalue weighted by molar-refractivity contribution is 0.178. The van der Waals surface area contributed by atoms with Crippen LogP contribution in [0.1, 0.15) is 30.2 Å². The Morgan fingerprint density at radius 2 is 2.41 bits per heavy atom. The predicted octanol–water partition coefficient (Wildman–Crippen LogP) is 3.39. The van der Waals surface area contributed by atoms with E-state index in [9.17, 15) is 5.11 Å². The van der Waals surface area contributed by atoms with E-state index in [-0.39, 0.29) is 0 Å². The topological polar surface area (TPSA) is 38.0 Å². The minimum absolute atomic E-state index is 0.468. The molecule has 1 unspecified atom stereocenters. The molecule has 0 aliphatic carbocycles. The Kier molecular flexibility index (Phi) is 4.36. The third kappa shape index (κ3) is 3.18. The van der Waals surface area contributed by atoms with Gasteiger partial charge < -0.3 is 9.67 Å². The number of thiophene rings is 1. The molecule has 0 bridgehead atoms. The van der Waals surface area contributed by atoms with Crippen LogP contribution in [-0.4, -0.2) is 14.7 Å². The molecular formula is C12H15BrN2OS. The predicted molar refractivity (Wildman–Crippen MR) is 73.2 cm³/mol. The first-order chi connectivity index (χ1) is 8.20. The minimum atomic E-state index is -0.468. The lowest BCUT2D eigenvalue weighted by Gasteiger charge is -2.10. The number of aliphatic hydroxyl groups excluding tert-OH is 1. The molecule has 17 heavy (non-hydrogen) atoms. The fourth-order valence-electron chi connectivity index (χ4n) is 1.75. The Labute approximate surface area is 113 Å². The van der Waals surface area contributed by atoms with Crippen molar-refractivity contribution >= 4 is 27.3 Å².